The van der Waals surface area contributed by atoms with Crippen LogP contribution >= 0.6 is 23.1 Å². The van der Waals surface area contributed by atoms with Crippen LogP contribution in [-0.4, -0.2) is 71.4 Å². The number of rotatable bonds is 9. The lowest BCUT2D eigenvalue weighted by Crippen LogP contribution is -2.49. The van der Waals surface area contributed by atoms with Gasteiger partial charge in [0, 0.05) is 49.2 Å². The Kier molecular flexibility index (Phi) is 10.9. The number of nitrogens with zero attached hydrogens (tertiary/aromatic N) is 4. The van der Waals surface area contributed by atoms with Crippen LogP contribution < -0.4 is 10.2 Å². The number of hydroxylamine groups is 1. The molecule has 5 rings (SSSR count). The molecule has 9 nitrogen and oxygen atoms in total. The van der Waals surface area contributed by atoms with E-state index in [1.165, 1.54) is 5.56 Å². The molecule has 3 heterocycles. The number of benzene rings is 2. The van der Waals surface area contributed by atoms with Gasteiger partial charge in [-0.15, -0.1) is 23.1 Å². The molecule has 0 spiro atoms. The zero-order valence-electron chi connectivity index (χ0n) is 26.2. The number of nitrogens with one attached hydrogen (secondary N) is 1. The van der Waals surface area contributed by atoms with Crippen molar-refractivity contribution in [1.82, 2.24) is 20.3 Å². The summed E-state index contributed by atoms with van der Waals surface area (Å²) in [6.07, 6.45) is 4.05. The largest absolute Gasteiger partial charge is 0.484 e. The number of urea groups is 1. The molecule has 1 saturated heterocycles. The van der Waals surface area contributed by atoms with Crippen molar-refractivity contribution in [1.29, 1.82) is 0 Å². The van der Waals surface area contributed by atoms with Crippen molar-refractivity contribution >= 4 is 51.3 Å². The number of ether oxygens (including phenoxy) is 1. The number of thioether (sulfide) groups is 1. The molecule has 1 unspecified atom stereocenters. The van der Waals surface area contributed by atoms with Crippen molar-refractivity contribution in [3.05, 3.63) is 85.8 Å². The summed E-state index contributed by atoms with van der Waals surface area (Å²) in [5.74, 6) is 0.623. The molecule has 2 aliphatic heterocycles. The number of amides is 3. The van der Waals surface area contributed by atoms with Crippen LogP contribution in [0.3, 0.4) is 0 Å². The van der Waals surface area contributed by atoms with E-state index < -0.39 is 22.3 Å². The fourth-order valence-corrected chi connectivity index (χ4v) is 8.64. The summed E-state index contributed by atoms with van der Waals surface area (Å²) in [5.41, 5.74) is 5.93. The third-order valence-corrected chi connectivity index (χ3v) is 11.1. The average Bonchev–Trinajstić information content (AvgIpc) is 3.64. The van der Waals surface area contributed by atoms with Crippen LogP contribution in [0.2, 0.25) is 0 Å². The molecule has 45 heavy (non-hydrogen) atoms. The Morgan fingerprint density at radius 3 is 2.56 bits per heavy atom. The highest BCUT2D eigenvalue weighted by Gasteiger charge is 2.25. The monoisotopic (exact) mass is 665 g/mol. The summed E-state index contributed by atoms with van der Waals surface area (Å²) < 4.78 is 11.3. The zero-order chi connectivity index (χ0) is 32.0. The van der Waals surface area contributed by atoms with Crippen molar-refractivity contribution in [3.8, 4) is 17.0 Å². The lowest BCUT2D eigenvalue weighted by atomic mass is 10.1. The third kappa shape index (κ3) is 8.92. The Bertz CT molecular complexity index is 1620. The zero-order valence-corrected chi connectivity index (χ0v) is 28.7. The van der Waals surface area contributed by atoms with Crippen LogP contribution in [0.15, 0.2) is 79.6 Å². The number of allylic oxidation sites excluding steroid dienone is 3. The van der Waals surface area contributed by atoms with Gasteiger partial charge < -0.3 is 9.64 Å². The van der Waals surface area contributed by atoms with Crippen LogP contribution in [0.1, 0.15) is 38.3 Å². The maximum atomic E-state index is 12.9. The molecule has 0 bridgehead atoms. The third-order valence-electron chi connectivity index (χ3n) is 7.05. The van der Waals surface area contributed by atoms with E-state index in [9.17, 15) is 9.59 Å². The first-order chi connectivity index (χ1) is 21.6. The highest BCUT2D eigenvalue weighted by atomic mass is 32.2. The molecule has 1 atom stereocenters. The second kappa shape index (κ2) is 14.9. The van der Waals surface area contributed by atoms with E-state index in [0.29, 0.717) is 18.8 Å². The Morgan fingerprint density at radius 1 is 1.09 bits per heavy atom. The summed E-state index contributed by atoms with van der Waals surface area (Å²) in [6.45, 7) is 11.5. The van der Waals surface area contributed by atoms with E-state index in [1.807, 2.05) is 74.6 Å². The molecule has 1 N–H and O–H groups in total. The van der Waals surface area contributed by atoms with E-state index in [1.54, 1.807) is 23.1 Å². The van der Waals surface area contributed by atoms with E-state index in [2.05, 4.69) is 45.1 Å². The lowest BCUT2D eigenvalue weighted by molar-refractivity contribution is -0.135. The number of piperazine rings is 1. The molecule has 1 aromatic heterocycles. The average molecular weight is 666 g/mol. The Balaban J connectivity index is 1.19. The van der Waals surface area contributed by atoms with Gasteiger partial charge in [0.15, 0.2) is 6.61 Å². The van der Waals surface area contributed by atoms with Gasteiger partial charge in [0.25, 0.3) is 5.91 Å². The molecular formula is C33H39N5O4S3. The van der Waals surface area contributed by atoms with Crippen LogP contribution in [-0.2, 0) is 26.9 Å². The number of hydrogen-bond donors (Lipinski definition) is 1. The topological polar surface area (TPSA) is 96.4 Å². The normalized spacial score (nSPS) is 17.5. The van der Waals surface area contributed by atoms with Gasteiger partial charge in [-0.25, -0.2) is 15.3 Å². The van der Waals surface area contributed by atoms with Crippen molar-refractivity contribution < 1.29 is 19.2 Å². The van der Waals surface area contributed by atoms with E-state index in [0.717, 1.165) is 50.6 Å². The Hall–Kier alpha value is -3.29. The van der Waals surface area contributed by atoms with Gasteiger partial charge in [-0.1, -0.05) is 42.5 Å². The second-order valence-electron chi connectivity index (χ2n) is 11.7. The van der Waals surface area contributed by atoms with E-state index in [-0.39, 0.29) is 12.5 Å². The van der Waals surface area contributed by atoms with Gasteiger partial charge in [0.2, 0.25) is 0 Å². The standard InChI is InChI=1S/C33H39N5O4S3/c1-23-18-27(31(43-5)45(23)36-32(40)35-42-33(2,3)4)30-34-28(22-44-30)25-12-9-13-26(19-25)41-21-29(39)38-16-14-37(15-17-38)20-24-10-7-6-8-11-24/h6-13,18-19,22H,14-17,20-21H2,1-5H3,(H,35,40). The number of carbonyl (C=O) groups is 2. The van der Waals surface area contributed by atoms with Gasteiger partial charge in [-0.3, -0.25) is 14.5 Å². The summed E-state index contributed by atoms with van der Waals surface area (Å²) in [4.78, 5) is 41.0. The minimum Gasteiger partial charge on any atom is -0.484 e. The van der Waals surface area contributed by atoms with E-state index >= 15 is 0 Å². The smallest absolute Gasteiger partial charge is 0.371 e. The predicted molar refractivity (Wildman–Crippen MR) is 185 cm³/mol. The van der Waals surface area contributed by atoms with Crippen LogP contribution in [0, 0.1) is 0 Å². The SMILES string of the molecule is CSC1=C(c2nc(-c3cccc(OCC(=O)N4CCN(Cc5ccccc5)CC4)c3)cs2)C=C(C)S1=NC(=O)NOC(C)(C)C. The van der Waals surface area contributed by atoms with Gasteiger partial charge in [-0.05, 0) is 73.3 Å². The highest BCUT2D eigenvalue weighted by Crippen LogP contribution is 2.41. The summed E-state index contributed by atoms with van der Waals surface area (Å²) >= 11 is 3.12. The number of hydrogen-bond acceptors (Lipinski definition) is 8. The summed E-state index contributed by atoms with van der Waals surface area (Å²) in [7, 11) is -0.714. The van der Waals surface area contributed by atoms with Crippen molar-refractivity contribution in [3.63, 3.8) is 0 Å². The van der Waals surface area contributed by atoms with Gasteiger partial charge in [-0.2, -0.15) is 4.36 Å². The molecule has 0 saturated carbocycles. The maximum Gasteiger partial charge on any atom is 0.371 e. The molecule has 2 aromatic carbocycles. The molecular weight excluding hydrogens is 627 g/mol. The molecule has 12 heteroatoms. The van der Waals surface area contributed by atoms with Crippen LogP contribution in [0.5, 0.6) is 5.75 Å². The van der Waals surface area contributed by atoms with Gasteiger partial charge in [0.1, 0.15) is 10.8 Å². The van der Waals surface area contributed by atoms with Crippen molar-refractivity contribution in [2.24, 2.45) is 4.36 Å². The van der Waals surface area contributed by atoms with E-state index in [4.69, 9.17) is 14.6 Å². The molecule has 0 radical (unpaired) electrons. The van der Waals surface area contributed by atoms with Crippen molar-refractivity contribution in [2.45, 2.75) is 39.8 Å². The first kappa shape index (κ1) is 33.1. The molecule has 1 fully saturated rings. The van der Waals surface area contributed by atoms with Crippen LogP contribution in [0.4, 0.5) is 4.79 Å². The summed E-state index contributed by atoms with van der Waals surface area (Å²) in [6, 6.07) is 17.6. The van der Waals surface area contributed by atoms with Crippen LogP contribution in [0.25, 0.3) is 16.8 Å². The fourth-order valence-electron chi connectivity index (χ4n) is 4.83. The minimum atomic E-state index is -0.714. The summed E-state index contributed by atoms with van der Waals surface area (Å²) in [5, 5.41) is 2.87. The number of carbonyl (C=O) groups excluding carboxylic acids is 2. The lowest BCUT2D eigenvalue weighted by Gasteiger charge is -2.34. The molecule has 238 valence electrons. The van der Waals surface area contributed by atoms with Crippen molar-refractivity contribution in [2.75, 3.05) is 39.0 Å². The predicted octanol–water partition coefficient (Wildman–Crippen LogP) is 6.72. The Labute approximate surface area is 275 Å². The molecule has 2 aliphatic rings. The maximum absolute atomic E-state index is 12.9. The minimum absolute atomic E-state index is 0.00131. The number of aromatic nitrogens is 1. The number of thiazole rings is 1. The molecule has 0 aliphatic carbocycles. The van der Waals surface area contributed by atoms with Gasteiger partial charge in [0.05, 0.1) is 15.5 Å². The second-order valence-corrected chi connectivity index (χ2v) is 15.4. The Morgan fingerprint density at radius 2 is 1.84 bits per heavy atom. The fraction of sp³-hybridized carbons (Fsp3) is 0.364. The van der Waals surface area contributed by atoms with Gasteiger partial charge >= 0.3 is 6.03 Å². The first-order valence-electron chi connectivity index (χ1n) is 14.7. The molecule has 3 aromatic rings. The molecule has 3 amide bonds. The first-order valence-corrected chi connectivity index (χ1v) is 18.0. The highest BCUT2D eigenvalue weighted by molar-refractivity contribution is 8.18. The quantitative estimate of drug-likeness (QED) is 0.254.